The third-order valence-corrected chi connectivity index (χ3v) is 3.08. The number of halogens is 2. The third-order valence-electron chi connectivity index (χ3n) is 2.63. The van der Waals surface area contributed by atoms with Crippen LogP contribution in [0.1, 0.15) is 11.3 Å². The highest BCUT2D eigenvalue weighted by Gasteiger charge is 2.09. The molecule has 1 heterocycles. The maximum Gasteiger partial charge on any atom is 0.228 e. The minimum absolute atomic E-state index is 0.00216. The lowest BCUT2D eigenvalue weighted by Crippen LogP contribution is -2.16. The van der Waals surface area contributed by atoms with Gasteiger partial charge in [-0.25, -0.2) is 9.37 Å². The van der Waals surface area contributed by atoms with E-state index in [-0.39, 0.29) is 18.1 Å². The van der Waals surface area contributed by atoms with Crippen LogP contribution in [-0.4, -0.2) is 10.9 Å². The van der Waals surface area contributed by atoms with Crippen molar-refractivity contribution in [3.63, 3.8) is 0 Å². The quantitative estimate of drug-likeness (QED) is 0.879. The number of pyridine rings is 1. The molecule has 0 fully saturated rings. The fraction of sp³-hybridized carbons (Fsp3) is 0.143. The molecule has 0 spiro atoms. The topological polar surface area (TPSA) is 42.0 Å². The smallest absolute Gasteiger partial charge is 0.228 e. The zero-order valence-electron chi connectivity index (χ0n) is 10.3. The zero-order chi connectivity index (χ0) is 13.8. The third kappa shape index (κ3) is 3.61. The SMILES string of the molecule is Cc1nc(Br)ccc1NC(=O)Cc1ccccc1F. The molecule has 1 amide bonds. The van der Waals surface area contributed by atoms with Gasteiger partial charge < -0.3 is 5.32 Å². The highest BCUT2D eigenvalue weighted by molar-refractivity contribution is 9.10. The van der Waals surface area contributed by atoms with Crippen molar-refractivity contribution in [1.82, 2.24) is 4.98 Å². The number of rotatable bonds is 3. The number of benzene rings is 1. The Bertz CT molecular complexity index is 616. The number of amides is 1. The summed E-state index contributed by atoms with van der Waals surface area (Å²) in [7, 11) is 0. The monoisotopic (exact) mass is 322 g/mol. The van der Waals surface area contributed by atoms with Crippen LogP contribution in [0.15, 0.2) is 41.0 Å². The zero-order valence-corrected chi connectivity index (χ0v) is 11.9. The van der Waals surface area contributed by atoms with Gasteiger partial charge in [-0.1, -0.05) is 18.2 Å². The number of anilines is 1. The summed E-state index contributed by atoms with van der Waals surface area (Å²) in [5.41, 5.74) is 1.71. The van der Waals surface area contributed by atoms with Crippen molar-refractivity contribution >= 4 is 27.5 Å². The number of aromatic nitrogens is 1. The first-order chi connectivity index (χ1) is 9.06. The van der Waals surface area contributed by atoms with Gasteiger partial charge in [0.25, 0.3) is 0 Å². The molecule has 0 aliphatic heterocycles. The average molecular weight is 323 g/mol. The molecule has 1 N–H and O–H groups in total. The van der Waals surface area contributed by atoms with Crippen molar-refractivity contribution in [2.24, 2.45) is 0 Å². The Morgan fingerprint density at radius 3 is 2.74 bits per heavy atom. The number of hydrogen-bond acceptors (Lipinski definition) is 2. The van der Waals surface area contributed by atoms with E-state index >= 15 is 0 Å². The van der Waals surface area contributed by atoms with Gasteiger partial charge in [0.2, 0.25) is 5.91 Å². The minimum Gasteiger partial charge on any atom is -0.324 e. The lowest BCUT2D eigenvalue weighted by molar-refractivity contribution is -0.115. The molecule has 98 valence electrons. The average Bonchev–Trinajstić information content (AvgIpc) is 2.36. The summed E-state index contributed by atoms with van der Waals surface area (Å²) in [5.74, 6) is -0.638. The van der Waals surface area contributed by atoms with Gasteiger partial charge in [0.15, 0.2) is 0 Å². The molecular formula is C14H12BrFN2O. The van der Waals surface area contributed by atoms with E-state index in [4.69, 9.17) is 0 Å². The second-order valence-electron chi connectivity index (χ2n) is 4.08. The van der Waals surface area contributed by atoms with E-state index in [0.29, 0.717) is 21.5 Å². The summed E-state index contributed by atoms with van der Waals surface area (Å²) in [6.45, 7) is 1.80. The molecule has 0 radical (unpaired) electrons. The molecule has 0 unspecified atom stereocenters. The first kappa shape index (κ1) is 13.7. The van der Waals surface area contributed by atoms with Crippen LogP contribution in [0.2, 0.25) is 0 Å². The van der Waals surface area contributed by atoms with Crippen LogP contribution in [0.25, 0.3) is 0 Å². The molecule has 2 aromatic rings. The lowest BCUT2D eigenvalue weighted by Gasteiger charge is -2.08. The highest BCUT2D eigenvalue weighted by Crippen LogP contribution is 2.16. The predicted octanol–water partition coefficient (Wildman–Crippen LogP) is 3.47. The second-order valence-corrected chi connectivity index (χ2v) is 4.90. The molecular weight excluding hydrogens is 311 g/mol. The number of carbonyl (C=O) groups excluding carboxylic acids is 1. The number of hydrogen-bond donors (Lipinski definition) is 1. The molecule has 3 nitrogen and oxygen atoms in total. The molecule has 19 heavy (non-hydrogen) atoms. The van der Waals surface area contributed by atoms with Gasteiger partial charge in [-0.3, -0.25) is 4.79 Å². The molecule has 0 aliphatic rings. The van der Waals surface area contributed by atoms with E-state index in [1.54, 1.807) is 37.3 Å². The summed E-state index contributed by atoms with van der Waals surface area (Å²) in [5, 5.41) is 2.72. The summed E-state index contributed by atoms with van der Waals surface area (Å²) in [4.78, 5) is 16.0. The lowest BCUT2D eigenvalue weighted by atomic mass is 10.1. The van der Waals surface area contributed by atoms with Crippen molar-refractivity contribution in [1.29, 1.82) is 0 Å². The number of nitrogens with zero attached hydrogens (tertiary/aromatic N) is 1. The molecule has 2 rings (SSSR count). The maximum absolute atomic E-state index is 13.4. The van der Waals surface area contributed by atoms with Crippen LogP contribution in [-0.2, 0) is 11.2 Å². The van der Waals surface area contributed by atoms with Crippen LogP contribution in [0.3, 0.4) is 0 Å². The number of carbonyl (C=O) groups is 1. The molecule has 0 aliphatic carbocycles. The number of nitrogens with one attached hydrogen (secondary N) is 1. The summed E-state index contributed by atoms with van der Waals surface area (Å²) < 4.78 is 14.1. The van der Waals surface area contributed by atoms with E-state index in [0.717, 1.165) is 0 Å². The van der Waals surface area contributed by atoms with Gasteiger partial charge in [-0.05, 0) is 46.6 Å². The van der Waals surface area contributed by atoms with Crippen molar-refractivity contribution in [3.05, 3.63) is 58.1 Å². The molecule has 0 saturated heterocycles. The van der Waals surface area contributed by atoms with E-state index < -0.39 is 0 Å². The molecule has 1 aromatic carbocycles. The maximum atomic E-state index is 13.4. The summed E-state index contributed by atoms with van der Waals surface area (Å²) >= 11 is 3.25. The Balaban J connectivity index is 2.08. The van der Waals surface area contributed by atoms with E-state index in [1.807, 2.05) is 0 Å². The van der Waals surface area contributed by atoms with Crippen molar-refractivity contribution in [3.8, 4) is 0 Å². The van der Waals surface area contributed by atoms with Crippen molar-refractivity contribution < 1.29 is 9.18 Å². The Kier molecular flexibility index (Phi) is 4.27. The minimum atomic E-state index is -0.372. The first-order valence-electron chi connectivity index (χ1n) is 5.72. The van der Waals surface area contributed by atoms with E-state index in [2.05, 4.69) is 26.2 Å². The second kappa shape index (κ2) is 5.93. The van der Waals surface area contributed by atoms with E-state index in [9.17, 15) is 9.18 Å². The number of aryl methyl sites for hydroxylation is 1. The molecule has 1 aromatic heterocycles. The fourth-order valence-electron chi connectivity index (χ4n) is 1.67. The largest absolute Gasteiger partial charge is 0.324 e. The van der Waals surface area contributed by atoms with Crippen LogP contribution in [0, 0.1) is 12.7 Å². The first-order valence-corrected chi connectivity index (χ1v) is 6.52. The Morgan fingerprint density at radius 2 is 2.05 bits per heavy atom. The fourth-order valence-corrected chi connectivity index (χ4v) is 2.07. The van der Waals surface area contributed by atoms with Gasteiger partial charge >= 0.3 is 0 Å². The van der Waals surface area contributed by atoms with Crippen molar-refractivity contribution in [2.75, 3.05) is 5.32 Å². The molecule has 5 heteroatoms. The van der Waals surface area contributed by atoms with Gasteiger partial charge in [-0.15, -0.1) is 0 Å². The van der Waals surface area contributed by atoms with Crippen LogP contribution in [0.4, 0.5) is 10.1 Å². The molecule has 0 bridgehead atoms. The van der Waals surface area contributed by atoms with E-state index in [1.165, 1.54) is 6.07 Å². The van der Waals surface area contributed by atoms with Gasteiger partial charge in [0.05, 0.1) is 17.8 Å². The van der Waals surface area contributed by atoms with Crippen LogP contribution in [0.5, 0.6) is 0 Å². The van der Waals surface area contributed by atoms with Crippen molar-refractivity contribution in [2.45, 2.75) is 13.3 Å². The Labute approximate surface area is 119 Å². The van der Waals surface area contributed by atoms with Gasteiger partial charge in [0, 0.05) is 0 Å². The Hall–Kier alpha value is -1.75. The molecule has 0 saturated carbocycles. The van der Waals surface area contributed by atoms with Gasteiger partial charge in [0.1, 0.15) is 10.4 Å². The standard InChI is InChI=1S/C14H12BrFN2O/c1-9-12(6-7-13(15)17-9)18-14(19)8-10-4-2-3-5-11(10)16/h2-7H,8H2,1H3,(H,18,19). The van der Waals surface area contributed by atoms with Gasteiger partial charge in [-0.2, -0.15) is 0 Å². The predicted molar refractivity (Wildman–Crippen MR) is 75.4 cm³/mol. The Morgan fingerprint density at radius 1 is 1.32 bits per heavy atom. The van der Waals surface area contributed by atoms with Crippen LogP contribution < -0.4 is 5.32 Å². The summed E-state index contributed by atoms with van der Waals surface area (Å²) in [6, 6.07) is 9.74. The summed E-state index contributed by atoms with van der Waals surface area (Å²) in [6.07, 6.45) is 0.00216. The normalized spacial score (nSPS) is 10.3. The highest BCUT2D eigenvalue weighted by atomic mass is 79.9. The molecule has 0 atom stereocenters. The van der Waals surface area contributed by atoms with Crippen LogP contribution >= 0.6 is 15.9 Å².